The molecule has 0 aliphatic carbocycles. The van der Waals surface area contributed by atoms with Gasteiger partial charge in [-0.05, 0) is 48.0 Å². The second kappa shape index (κ2) is 11.6. The lowest BCUT2D eigenvalue weighted by molar-refractivity contribution is 0.0255. The zero-order valence-corrected chi connectivity index (χ0v) is 22.1. The SMILES string of the molecule is CCCN(CCN=C(NCC)N1CCS(=O)(=O)C(C)(C)C1)C(=O)OC(C)(C)C.I. The van der Waals surface area contributed by atoms with Crippen molar-refractivity contribution in [1.29, 1.82) is 0 Å². The molecule has 1 amide bonds. The summed E-state index contributed by atoms with van der Waals surface area (Å²) >= 11 is 0. The molecule has 1 saturated heterocycles. The molecule has 1 fully saturated rings. The van der Waals surface area contributed by atoms with E-state index in [0.717, 1.165) is 6.42 Å². The van der Waals surface area contributed by atoms with E-state index in [4.69, 9.17) is 4.74 Å². The van der Waals surface area contributed by atoms with Crippen molar-refractivity contribution in [2.75, 3.05) is 45.0 Å². The number of nitrogens with one attached hydrogen (secondary N) is 1. The summed E-state index contributed by atoms with van der Waals surface area (Å²) in [5, 5.41) is 3.24. The van der Waals surface area contributed by atoms with Crippen molar-refractivity contribution in [2.24, 2.45) is 4.99 Å². The van der Waals surface area contributed by atoms with Crippen molar-refractivity contribution < 1.29 is 17.9 Å². The van der Waals surface area contributed by atoms with Gasteiger partial charge in [0, 0.05) is 32.7 Å². The maximum absolute atomic E-state index is 12.4. The molecule has 1 aliphatic heterocycles. The first-order valence-electron chi connectivity index (χ1n) is 10.1. The van der Waals surface area contributed by atoms with Crippen LogP contribution in [0.3, 0.4) is 0 Å². The molecular weight excluding hydrogens is 507 g/mol. The van der Waals surface area contributed by atoms with Crippen molar-refractivity contribution in [2.45, 2.75) is 65.2 Å². The normalized spacial score (nSPS) is 18.6. The predicted molar refractivity (Wildman–Crippen MR) is 129 cm³/mol. The molecule has 0 saturated carbocycles. The highest BCUT2D eigenvalue weighted by Gasteiger charge is 2.41. The lowest BCUT2D eigenvalue weighted by Gasteiger charge is -2.39. The zero-order valence-electron chi connectivity index (χ0n) is 18.9. The van der Waals surface area contributed by atoms with Gasteiger partial charge in [-0.2, -0.15) is 0 Å². The smallest absolute Gasteiger partial charge is 0.410 e. The van der Waals surface area contributed by atoms with Crippen LogP contribution in [0.2, 0.25) is 0 Å². The van der Waals surface area contributed by atoms with Gasteiger partial charge in [0.05, 0.1) is 17.0 Å². The molecule has 1 aliphatic rings. The van der Waals surface area contributed by atoms with Gasteiger partial charge in [-0.3, -0.25) is 4.99 Å². The Labute approximate surface area is 193 Å². The topological polar surface area (TPSA) is 91.3 Å². The van der Waals surface area contributed by atoms with E-state index in [1.165, 1.54) is 0 Å². The van der Waals surface area contributed by atoms with E-state index in [1.807, 2.05) is 39.5 Å². The Kier molecular flexibility index (Phi) is 11.3. The fourth-order valence-electron chi connectivity index (χ4n) is 2.92. The first-order chi connectivity index (χ1) is 12.8. The molecule has 0 radical (unpaired) electrons. The molecule has 1 heterocycles. The maximum Gasteiger partial charge on any atom is 0.410 e. The van der Waals surface area contributed by atoms with Crippen molar-refractivity contribution in [3.8, 4) is 0 Å². The number of carbonyl (C=O) groups is 1. The van der Waals surface area contributed by atoms with Crippen LogP contribution < -0.4 is 5.32 Å². The highest BCUT2D eigenvalue weighted by molar-refractivity contribution is 14.0. The average molecular weight is 547 g/mol. The van der Waals surface area contributed by atoms with Crippen LogP contribution in [0.15, 0.2) is 4.99 Å². The van der Waals surface area contributed by atoms with Crippen molar-refractivity contribution >= 4 is 45.9 Å². The Bertz CT molecular complexity index is 660. The van der Waals surface area contributed by atoms with E-state index in [-0.39, 0.29) is 35.8 Å². The zero-order chi connectivity index (χ0) is 21.6. The third-order valence-corrected chi connectivity index (χ3v) is 6.99. The van der Waals surface area contributed by atoms with Crippen LogP contribution in [0.5, 0.6) is 0 Å². The highest BCUT2D eigenvalue weighted by Crippen LogP contribution is 2.23. The van der Waals surface area contributed by atoms with Gasteiger partial charge >= 0.3 is 6.09 Å². The first kappa shape index (κ1) is 28.2. The van der Waals surface area contributed by atoms with E-state index in [1.54, 1.807) is 18.7 Å². The minimum atomic E-state index is -3.11. The summed E-state index contributed by atoms with van der Waals surface area (Å²) in [6.07, 6.45) is 0.501. The summed E-state index contributed by atoms with van der Waals surface area (Å²) < 4.78 is 29.2. The molecule has 0 atom stereocenters. The van der Waals surface area contributed by atoms with Gasteiger partial charge in [-0.1, -0.05) is 6.92 Å². The van der Waals surface area contributed by atoms with Gasteiger partial charge in [-0.15, -0.1) is 24.0 Å². The summed E-state index contributed by atoms with van der Waals surface area (Å²) in [6, 6.07) is 0. The molecule has 0 aromatic heterocycles. The minimum Gasteiger partial charge on any atom is -0.444 e. The molecule has 0 spiro atoms. The molecule has 0 aromatic carbocycles. The Morgan fingerprint density at radius 1 is 1.24 bits per heavy atom. The standard InChI is InChI=1S/C19H38N4O4S.HI/c1-8-11-22(17(24)27-18(3,4)5)12-10-21-16(20-9-2)23-13-14-28(25,26)19(6,7)15-23;/h8-15H2,1-7H3,(H,20,21);1H. The van der Waals surface area contributed by atoms with Crippen LogP contribution in [0.1, 0.15) is 54.9 Å². The summed E-state index contributed by atoms with van der Waals surface area (Å²) in [5.74, 6) is 0.802. The van der Waals surface area contributed by atoms with Gasteiger partial charge < -0.3 is 19.9 Å². The van der Waals surface area contributed by atoms with E-state index in [9.17, 15) is 13.2 Å². The van der Waals surface area contributed by atoms with Gasteiger partial charge in [0.1, 0.15) is 5.60 Å². The van der Waals surface area contributed by atoms with E-state index in [0.29, 0.717) is 45.2 Å². The number of guanidine groups is 1. The molecule has 10 heteroatoms. The number of hydrogen-bond donors (Lipinski definition) is 1. The Balaban J connectivity index is 0.00000784. The molecule has 172 valence electrons. The fraction of sp³-hybridized carbons (Fsp3) is 0.895. The molecule has 29 heavy (non-hydrogen) atoms. The number of rotatable bonds is 6. The third kappa shape index (κ3) is 8.85. The maximum atomic E-state index is 12.4. The molecule has 0 unspecified atom stereocenters. The summed E-state index contributed by atoms with van der Waals surface area (Å²) in [6.45, 7) is 16.0. The largest absolute Gasteiger partial charge is 0.444 e. The van der Waals surface area contributed by atoms with Gasteiger partial charge in [0.15, 0.2) is 15.8 Å². The van der Waals surface area contributed by atoms with Gasteiger partial charge in [0.2, 0.25) is 0 Å². The van der Waals surface area contributed by atoms with Gasteiger partial charge in [-0.25, -0.2) is 13.2 Å². The lowest BCUT2D eigenvalue weighted by atomic mass is 10.2. The van der Waals surface area contributed by atoms with E-state index in [2.05, 4.69) is 10.3 Å². The quantitative estimate of drug-likeness (QED) is 0.313. The Morgan fingerprint density at radius 2 is 1.86 bits per heavy atom. The summed E-state index contributed by atoms with van der Waals surface area (Å²) in [5.41, 5.74) is -0.536. The number of amides is 1. The Morgan fingerprint density at radius 3 is 2.34 bits per heavy atom. The number of carbonyl (C=O) groups excluding carboxylic acids is 1. The number of ether oxygens (including phenoxy) is 1. The second-order valence-corrected chi connectivity index (χ2v) is 11.4. The third-order valence-electron chi connectivity index (χ3n) is 4.45. The average Bonchev–Trinajstić information content (AvgIpc) is 2.54. The van der Waals surface area contributed by atoms with Crippen LogP contribution in [-0.4, -0.2) is 85.6 Å². The molecule has 0 bridgehead atoms. The number of aliphatic imine (C=N–C) groups is 1. The monoisotopic (exact) mass is 546 g/mol. The van der Waals surface area contributed by atoms with Crippen molar-refractivity contribution in [1.82, 2.24) is 15.1 Å². The van der Waals surface area contributed by atoms with Crippen LogP contribution in [-0.2, 0) is 14.6 Å². The van der Waals surface area contributed by atoms with Crippen LogP contribution in [0, 0.1) is 0 Å². The summed E-state index contributed by atoms with van der Waals surface area (Å²) in [4.78, 5) is 20.7. The first-order valence-corrected chi connectivity index (χ1v) is 11.7. The summed E-state index contributed by atoms with van der Waals surface area (Å²) in [7, 11) is -3.11. The Hall–Kier alpha value is -0.780. The fourth-order valence-corrected chi connectivity index (χ4v) is 4.28. The van der Waals surface area contributed by atoms with Crippen LogP contribution in [0.25, 0.3) is 0 Å². The van der Waals surface area contributed by atoms with Crippen molar-refractivity contribution in [3.05, 3.63) is 0 Å². The van der Waals surface area contributed by atoms with Crippen LogP contribution in [0.4, 0.5) is 4.79 Å². The lowest BCUT2D eigenvalue weighted by Crippen LogP contribution is -2.57. The predicted octanol–water partition coefficient (Wildman–Crippen LogP) is 2.73. The minimum absolute atomic E-state index is 0. The molecule has 1 rings (SSSR count). The number of nitrogens with zero attached hydrogens (tertiary/aromatic N) is 3. The molecule has 1 N–H and O–H groups in total. The van der Waals surface area contributed by atoms with E-state index < -0.39 is 20.2 Å². The molecule has 0 aromatic rings. The highest BCUT2D eigenvalue weighted by atomic mass is 127. The molecule has 8 nitrogen and oxygen atoms in total. The van der Waals surface area contributed by atoms with Crippen molar-refractivity contribution in [3.63, 3.8) is 0 Å². The number of halogens is 1. The van der Waals surface area contributed by atoms with Gasteiger partial charge in [0.25, 0.3) is 0 Å². The second-order valence-electron chi connectivity index (χ2n) is 8.70. The molecular formula is C19H39IN4O4S. The number of sulfone groups is 1. The number of hydrogen-bond acceptors (Lipinski definition) is 5. The van der Waals surface area contributed by atoms with Crippen LogP contribution >= 0.6 is 24.0 Å². The van der Waals surface area contributed by atoms with E-state index >= 15 is 0 Å².